The first-order chi connectivity index (χ1) is 16.0. The molecule has 5 nitrogen and oxygen atoms in total. The van der Waals surface area contributed by atoms with Crippen molar-refractivity contribution in [3.05, 3.63) is 47.3 Å². The number of hydrogen-bond donors (Lipinski definition) is 1. The molecule has 0 amide bonds. The van der Waals surface area contributed by atoms with Crippen LogP contribution in [0.2, 0.25) is 0 Å². The van der Waals surface area contributed by atoms with Gasteiger partial charge in [-0.15, -0.1) is 0 Å². The van der Waals surface area contributed by atoms with E-state index >= 15 is 0 Å². The van der Waals surface area contributed by atoms with E-state index in [1.165, 1.54) is 11.6 Å². The molecule has 1 aromatic carbocycles. The minimum absolute atomic E-state index is 0.00613. The number of ether oxygens (including phenoxy) is 1. The summed E-state index contributed by atoms with van der Waals surface area (Å²) in [5.41, 5.74) is 1.69. The number of likely N-dealkylation sites (tertiary alicyclic amines) is 2. The van der Waals surface area contributed by atoms with Gasteiger partial charge in [-0.1, -0.05) is 24.3 Å². The van der Waals surface area contributed by atoms with Crippen LogP contribution in [0.15, 0.2) is 35.9 Å². The van der Waals surface area contributed by atoms with Gasteiger partial charge in [-0.05, 0) is 63.8 Å². The van der Waals surface area contributed by atoms with Crippen molar-refractivity contribution in [2.75, 3.05) is 39.3 Å². The SMILES string of the molecule is CCOC(=O)C1CCN(CC=C2CN(C(C(=O)C3CC3)c3ccccc3F)CCC2S)CC1. The second kappa shape index (κ2) is 11.2. The number of thiol groups is 1. The maximum absolute atomic E-state index is 14.7. The summed E-state index contributed by atoms with van der Waals surface area (Å²) >= 11 is 4.81. The zero-order chi connectivity index (χ0) is 23.4. The van der Waals surface area contributed by atoms with Crippen molar-refractivity contribution in [1.29, 1.82) is 0 Å². The molecular weight excluding hydrogens is 439 g/mol. The van der Waals surface area contributed by atoms with Gasteiger partial charge in [-0.3, -0.25) is 19.4 Å². The van der Waals surface area contributed by atoms with Crippen LogP contribution in [0.5, 0.6) is 0 Å². The van der Waals surface area contributed by atoms with Crippen molar-refractivity contribution < 1.29 is 18.7 Å². The molecular formula is C26H35FN2O3S. The van der Waals surface area contributed by atoms with E-state index in [0.717, 1.165) is 58.3 Å². The molecule has 0 bridgehead atoms. The lowest BCUT2D eigenvalue weighted by atomic mass is 9.93. The Morgan fingerprint density at radius 2 is 1.85 bits per heavy atom. The molecule has 3 fully saturated rings. The quantitative estimate of drug-likeness (QED) is 0.350. The van der Waals surface area contributed by atoms with Crippen LogP contribution in [-0.2, 0) is 14.3 Å². The number of halogens is 1. The number of piperidine rings is 2. The molecule has 1 aliphatic carbocycles. The first-order valence-corrected chi connectivity index (χ1v) is 12.8. The molecule has 1 saturated carbocycles. The van der Waals surface area contributed by atoms with Crippen LogP contribution in [0.3, 0.4) is 0 Å². The molecule has 0 radical (unpaired) electrons. The van der Waals surface area contributed by atoms with E-state index in [-0.39, 0.29) is 34.7 Å². The van der Waals surface area contributed by atoms with E-state index in [4.69, 9.17) is 17.4 Å². The van der Waals surface area contributed by atoms with Gasteiger partial charge >= 0.3 is 5.97 Å². The summed E-state index contributed by atoms with van der Waals surface area (Å²) in [4.78, 5) is 29.7. The standard InChI is InChI=1S/C26H35FN2O3S/c1-2-32-26(31)19-9-13-28(14-10-19)15-11-20-17-29(16-12-23(20)33)24(25(30)18-7-8-18)21-5-3-4-6-22(21)27/h3-6,11,18-19,23-24,33H,2,7-10,12-17H2,1H3. The predicted octanol–water partition coefficient (Wildman–Crippen LogP) is 4.05. The summed E-state index contributed by atoms with van der Waals surface area (Å²) in [6.07, 6.45) is 6.54. The first kappa shape index (κ1) is 24.4. The average molecular weight is 475 g/mol. The summed E-state index contributed by atoms with van der Waals surface area (Å²) in [6.45, 7) is 6.17. The fraction of sp³-hybridized carbons (Fsp3) is 0.615. The first-order valence-electron chi connectivity index (χ1n) is 12.3. The van der Waals surface area contributed by atoms with E-state index in [0.29, 0.717) is 18.7 Å². The summed E-state index contributed by atoms with van der Waals surface area (Å²) in [5.74, 6) is -0.158. The molecule has 4 rings (SSSR count). The molecule has 7 heteroatoms. The zero-order valence-electron chi connectivity index (χ0n) is 19.4. The van der Waals surface area contributed by atoms with Crippen LogP contribution in [-0.4, -0.2) is 66.1 Å². The van der Waals surface area contributed by atoms with E-state index in [9.17, 15) is 14.0 Å². The monoisotopic (exact) mass is 474 g/mol. The van der Waals surface area contributed by atoms with E-state index in [2.05, 4.69) is 15.9 Å². The van der Waals surface area contributed by atoms with Gasteiger partial charge in [-0.2, -0.15) is 12.6 Å². The molecule has 0 N–H and O–H groups in total. The number of ketones is 1. The van der Waals surface area contributed by atoms with Gasteiger partial charge < -0.3 is 4.74 Å². The molecule has 2 heterocycles. The highest BCUT2D eigenvalue weighted by Crippen LogP contribution is 2.39. The van der Waals surface area contributed by atoms with Crippen molar-refractivity contribution >= 4 is 24.4 Å². The maximum atomic E-state index is 14.7. The van der Waals surface area contributed by atoms with Crippen molar-refractivity contribution in [2.45, 2.75) is 50.3 Å². The second-order valence-corrected chi connectivity index (χ2v) is 10.1. The van der Waals surface area contributed by atoms with Gasteiger partial charge in [0.15, 0.2) is 5.78 Å². The van der Waals surface area contributed by atoms with Crippen molar-refractivity contribution in [1.82, 2.24) is 9.80 Å². The van der Waals surface area contributed by atoms with Crippen molar-refractivity contribution in [3.8, 4) is 0 Å². The van der Waals surface area contributed by atoms with Gasteiger partial charge in [0.25, 0.3) is 0 Å². The predicted molar refractivity (Wildman–Crippen MR) is 130 cm³/mol. The van der Waals surface area contributed by atoms with Crippen LogP contribution in [0.25, 0.3) is 0 Å². The van der Waals surface area contributed by atoms with Crippen LogP contribution < -0.4 is 0 Å². The lowest BCUT2D eigenvalue weighted by Crippen LogP contribution is -2.43. The molecule has 180 valence electrons. The van der Waals surface area contributed by atoms with E-state index in [1.807, 2.05) is 13.0 Å². The molecule has 3 aliphatic rings. The summed E-state index contributed by atoms with van der Waals surface area (Å²) < 4.78 is 19.9. The summed E-state index contributed by atoms with van der Waals surface area (Å²) in [6, 6.07) is 6.17. The van der Waals surface area contributed by atoms with Gasteiger partial charge in [0, 0.05) is 36.4 Å². The Labute approximate surface area is 201 Å². The Kier molecular flexibility index (Phi) is 8.25. The number of Topliss-reactive ketones (excluding diaryl/α,β-unsaturated/α-hetero) is 1. The Morgan fingerprint density at radius 3 is 2.52 bits per heavy atom. The third kappa shape index (κ3) is 6.06. The lowest BCUT2D eigenvalue weighted by Gasteiger charge is -2.38. The molecule has 1 aromatic rings. The average Bonchev–Trinajstić information content (AvgIpc) is 3.66. The Hall–Kier alpha value is -1.70. The molecule has 0 spiro atoms. The molecule has 2 aliphatic heterocycles. The number of rotatable bonds is 8. The van der Waals surface area contributed by atoms with Crippen LogP contribution in [0, 0.1) is 17.7 Å². The minimum Gasteiger partial charge on any atom is -0.466 e. The van der Waals surface area contributed by atoms with Gasteiger partial charge in [-0.25, -0.2) is 4.39 Å². The Balaban J connectivity index is 1.41. The molecule has 2 atom stereocenters. The minimum atomic E-state index is -0.525. The maximum Gasteiger partial charge on any atom is 0.309 e. The normalized spacial score (nSPS) is 25.2. The highest BCUT2D eigenvalue weighted by atomic mass is 32.1. The highest BCUT2D eigenvalue weighted by Gasteiger charge is 2.40. The van der Waals surface area contributed by atoms with Gasteiger partial charge in [0.1, 0.15) is 5.82 Å². The number of hydrogen-bond acceptors (Lipinski definition) is 6. The van der Waals surface area contributed by atoms with E-state index in [1.54, 1.807) is 12.1 Å². The third-order valence-corrected chi connectivity index (χ3v) is 7.73. The fourth-order valence-corrected chi connectivity index (χ4v) is 5.29. The zero-order valence-corrected chi connectivity index (χ0v) is 20.3. The molecule has 0 aromatic heterocycles. The Morgan fingerprint density at radius 1 is 1.12 bits per heavy atom. The van der Waals surface area contributed by atoms with Gasteiger partial charge in [0.05, 0.1) is 18.6 Å². The van der Waals surface area contributed by atoms with Crippen LogP contribution in [0.1, 0.15) is 50.6 Å². The van der Waals surface area contributed by atoms with Gasteiger partial charge in [0.2, 0.25) is 0 Å². The number of benzene rings is 1. The molecule has 33 heavy (non-hydrogen) atoms. The number of carbonyl (C=O) groups is 2. The third-order valence-electron chi connectivity index (χ3n) is 7.14. The fourth-order valence-electron chi connectivity index (χ4n) is 4.99. The lowest BCUT2D eigenvalue weighted by molar-refractivity contribution is -0.149. The van der Waals surface area contributed by atoms with Crippen molar-refractivity contribution in [2.24, 2.45) is 11.8 Å². The smallest absolute Gasteiger partial charge is 0.309 e. The largest absolute Gasteiger partial charge is 0.466 e. The van der Waals surface area contributed by atoms with Crippen LogP contribution >= 0.6 is 12.6 Å². The topological polar surface area (TPSA) is 49.9 Å². The summed E-state index contributed by atoms with van der Waals surface area (Å²) in [7, 11) is 0. The number of esters is 1. The van der Waals surface area contributed by atoms with Crippen molar-refractivity contribution in [3.63, 3.8) is 0 Å². The Bertz CT molecular complexity index is 880. The van der Waals surface area contributed by atoms with Crippen LogP contribution in [0.4, 0.5) is 4.39 Å². The summed E-state index contributed by atoms with van der Waals surface area (Å²) in [5, 5.41) is 0.149. The highest BCUT2D eigenvalue weighted by molar-refractivity contribution is 7.81. The van der Waals surface area contributed by atoms with E-state index < -0.39 is 6.04 Å². The molecule has 2 saturated heterocycles. The second-order valence-electron chi connectivity index (χ2n) is 9.48. The number of carbonyl (C=O) groups excluding carboxylic acids is 2. The number of nitrogens with zero attached hydrogens (tertiary/aromatic N) is 2. The molecule has 2 unspecified atom stereocenters.